The van der Waals surface area contributed by atoms with Gasteiger partial charge in [-0.25, -0.2) is 0 Å². The zero-order valence-electron chi connectivity index (χ0n) is 12.0. The molecular weight excluding hydrogens is 278 g/mol. The Kier molecular flexibility index (Phi) is 3.55. The summed E-state index contributed by atoms with van der Waals surface area (Å²) >= 11 is 1.94. The molecule has 108 valence electrons. The predicted molar refractivity (Wildman–Crippen MR) is 89.9 cm³/mol. The molecule has 2 aliphatic rings. The largest absolute Gasteiger partial charge is 0.365 e. The number of hydrogen-bond donors (Lipinski definition) is 1. The molecule has 0 amide bonds. The fourth-order valence-electron chi connectivity index (χ4n) is 2.87. The van der Waals surface area contributed by atoms with Crippen LogP contribution in [0.25, 0.3) is 10.9 Å². The van der Waals surface area contributed by atoms with E-state index in [4.69, 9.17) is 0 Å². The summed E-state index contributed by atoms with van der Waals surface area (Å²) in [6.07, 6.45) is 5.67. The molecule has 1 atom stereocenters. The number of aromatic nitrogens is 1. The molecule has 1 aromatic heterocycles. The minimum absolute atomic E-state index is 0.742. The minimum atomic E-state index is 0.742. The van der Waals surface area contributed by atoms with Crippen molar-refractivity contribution in [1.29, 1.82) is 0 Å². The van der Waals surface area contributed by atoms with E-state index in [1.165, 1.54) is 23.8 Å². The van der Waals surface area contributed by atoms with Gasteiger partial charge in [-0.15, -0.1) is 0 Å². The SMILES string of the molecule is c1cnc2c(CCNC3=NCC(C4CC4)S3)cccc2c1. The first-order chi connectivity index (χ1) is 10.4. The standard InChI is InChI=1S/C17H19N3S/c1-3-13-5-2-9-18-16(13)14(4-1)8-10-19-17-20-11-15(21-17)12-6-7-12/h1-5,9,12,15H,6-8,10-11H2,(H,19,20). The van der Waals surface area contributed by atoms with E-state index in [0.29, 0.717) is 0 Å². The van der Waals surface area contributed by atoms with Crippen LogP contribution in [0, 0.1) is 5.92 Å². The van der Waals surface area contributed by atoms with E-state index in [1.54, 1.807) is 0 Å². The van der Waals surface area contributed by atoms with Gasteiger partial charge in [0.15, 0.2) is 5.17 Å². The van der Waals surface area contributed by atoms with Crippen LogP contribution < -0.4 is 5.32 Å². The van der Waals surface area contributed by atoms with Crippen molar-refractivity contribution in [3.8, 4) is 0 Å². The van der Waals surface area contributed by atoms with Gasteiger partial charge in [0.05, 0.1) is 12.1 Å². The van der Waals surface area contributed by atoms with Gasteiger partial charge in [0.25, 0.3) is 0 Å². The number of nitrogens with one attached hydrogen (secondary N) is 1. The molecule has 1 N–H and O–H groups in total. The van der Waals surface area contributed by atoms with Crippen LogP contribution in [0.3, 0.4) is 0 Å². The molecule has 1 fully saturated rings. The van der Waals surface area contributed by atoms with Crippen LogP contribution in [-0.4, -0.2) is 28.5 Å². The molecule has 0 bridgehead atoms. The van der Waals surface area contributed by atoms with Gasteiger partial charge in [0.2, 0.25) is 0 Å². The average molecular weight is 297 g/mol. The predicted octanol–water partition coefficient (Wildman–Crippen LogP) is 3.25. The molecule has 1 aromatic carbocycles. The number of nitrogens with zero attached hydrogens (tertiary/aromatic N) is 2. The zero-order chi connectivity index (χ0) is 14.1. The molecule has 2 heterocycles. The molecule has 0 radical (unpaired) electrons. The van der Waals surface area contributed by atoms with E-state index >= 15 is 0 Å². The molecular formula is C17H19N3S. The lowest BCUT2D eigenvalue weighted by molar-refractivity contribution is 0.771. The van der Waals surface area contributed by atoms with Crippen molar-refractivity contribution in [2.75, 3.05) is 13.1 Å². The second kappa shape index (κ2) is 5.68. The van der Waals surface area contributed by atoms with Gasteiger partial charge in [-0.1, -0.05) is 36.0 Å². The molecule has 4 rings (SSSR count). The zero-order valence-corrected chi connectivity index (χ0v) is 12.8. The summed E-state index contributed by atoms with van der Waals surface area (Å²) in [4.78, 5) is 9.14. The van der Waals surface area contributed by atoms with Gasteiger partial charge < -0.3 is 5.32 Å². The highest BCUT2D eigenvalue weighted by atomic mass is 32.2. The van der Waals surface area contributed by atoms with Crippen molar-refractivity contribution in [3.63, 3.8) is 0 Å². The molecule has 1 saturated carbocycles. The molecule has 1 aliphatic heterocycles. The van der Waals surface area contributed by atoms with Crippen LogP contribution in [0.15, 0.2) is 41.5 Å². The molecule has 0 spiro atoms. The van der Waals surface area contributed by atoms with Gasteiger partial charge in [-0.3, -0.25) is 9.98 Å². The van der Waals surface area contributed by atoms with Crippen molar-refractivity contribution in [3.05, 3.63) is 42.1 Å². The highest BCUT2D eigenvalue weighted by Gasteiger charge is 2.35. The summed E-state index contributed by atoms with van der Waals surface area (Å²) < 4.78 is 0. The molecule has 0 saturated heterocycles. The van der Waals surface area contributed by atoms with Crippen LogP contribution in [0.4, 0.5) is 0 Å². The monoisotopic (exact) mass is 297 g/mol. The number of fused-ring (bicyclic) bond motifs is 1. The summed E-state index contributed by atoms with van der Waals surface area (Å²) in [5.41, 5.74) is 2.43. The summed E-state index contributed by atoms with van der Waals surface area (Å²) in [7, 11) is 0. The van der Waals surface area contributed by atoms with Crippen LogP contribution >= 0.6 is 11.8 Å². The number of benzene rings is 1. The topological polar surface area (TPSA) is 37.3 Å². The Balaban J connectivity index is 1.36. The first-order valence-electron chi connectivity index (χ1n) is 7.68. The highest BCUT2D eigenvalue weighted by Crippen LogP contribution is 2.41. The molecule has 1 aliphatic carbocycles. The van der Waals surface area contributed by atoms with Crippen LogP contribution in [0.2, 0.25) is 0 Å². The third-order valence-corrected chi connectivity index (χ3v) is 5.55. The first kappa shape index (κ1) is 13.1. The second-order valence-corrected chi connectivity index (χ2v) is 7.04. The van der Waals surface area contributed by atoms with Gasteiger partial charge >= 0.3 is 0 Å². The third-order valence-electron chi connectivity index (χ3n) is 4.21. The lowest BCUT2D eigenvalue weighted by Gasteiger charge is -2.09. The summed E-state index contributed by atoms with van der Waals surface area (Å²) in [5.74, 6) is 0.931. The lowest BCUT2D eigenvalue weighted by Crippen LogP contribution is -2.22. The van der Waals surface area contributed by atoms with Gasteiger partial charge in [-0.05, 0) is 36.8 Å². The number of para-hydroxylation sites is 1. The summed E-state index contributed by atoms with van der Waals surface area (Å²) in [6.45, 7) is 1.94. The number of aliphatic imine (C=N–C) groups is 1. The number of thioether (sulfide) groups is 1. The molecule has 3 nitrogen and oxygen atoms in total. The number of amidine groups is 1. The average Bonchev–Trinajstić information content (AvgIpc) is 3.27. The molecule has 1 unspecified atom stereocenters. The summed E-state index contributed by atoms with van der Waals surface area (Å²) in [6, 6.07) is 10.5. The third kappa shape index (κ3) is 2.91. The van der Waals surface area contributed by atoms with Gasteiger partial charge in [0, 0.05) is 23.4 Å². The van der Waals surface area contributed by atoms with E-state index in [1.807, 2.05) is 24.0 Å². The van der Waals surface area contributed by atoms with Crippen LogP contribution in [-0.2, 0) is 6.42 Å². The van der Waals surface area contributed by atoms with E-state index in [-0.39, 0.29) is 0 Å². The first-order valence-corrected chi connectivity index (χ1v) is 8.56. The van der Waals surface area contributed by atoms with Gasteiger partial charge in [-0.2, -0.15) is 0 Å². The molecule has 21 heavy (non-hydrogen) atoms. The maximum Gasteiger partial charge on any atom is 0.156 e. The van der Waals surface area contributed by atoms with Crippen LogP contribution in [0.5, 0.6) is 0 Å². The normalized spacial score (nSPS) is 21.5. The Labute approximate surface area is 129 Å². The smallest absolute Gasteiger partial charge is 0.156 e. The lowest BCUT2D eigenvalue weighted by atomic mass is 10.1. The quantitative estimate of drug-likeness (QED) is 0.941. The highest BCUT2D eigenvalue weighted by molar-refractivity contribution is 8.14. The van der Waals surface area contributed by atoms with E-state index < -0.39 is 0 Å². The van der Waals surface area contributed by atoms with Crippen molar-refractivity contribution in [2.45, 2.75) is 24.5 Å². The van der Waals surface area contributed by atoms with Crippen molar-refractivity contribution < 1.29 is 0 Å². The molecule has 2 aromatic rings. The number of hydrogen-bond acceptors (Lipinski definition) is 4. The van der Waals surface area contributed by atoms with E-state index in [0.717, 1.165) is 41.4 Å². The maximum atomic E-state index is 4.62. The van der Waals surface area contributed by atoms with Gasteiger partial charge in [0.1, 0.15) is 0 Å². The Morgan fingerprint density at radius 2 is 2.10 bits per heavy atom. The van der Waals surface area contributed by atoms with E-state index in [2.05, 4.69) is 39.6 Å². The maximum absolute atomic E-state index is 4.62. The van der Waals surface area contributed by atoms with Crippen molar-refractivity contribution in [1.82, 2.24) is 10.3 Å². The van der Waals surface area contributed by atoms with Crippen molar-refractivity contribution in [2.24, 2.45) is 10.9 Å². The number of pyridine rings is 1. The van der Waals surface area contributed by atoms with Crippen molar-refractivity contribution >= 4 is 27.8 Å². The minimum Gasteiger partial charge on any atom is -0.365 e. The fourth-order valence-corrected chi connectivity index (χ4v) is 4.11. The van der Waals surface area contributed by atoms with Crippen LogP contribution in [0.1, 0.15) is 18.4 Å². The Hall–Kier alpha value is -1.55. The molecule has 4 heteroatoms. The second-order valence-electron chi connectivity index (χ2n) is 5.81. The Morgan fingerprint density at radius 3 is 3.00 bits per heavy atom. The Morgan fingerprint density at radius 1 is 1.19 bits per heavy atom. The number of rotatable bonds is 4. The van der Waals surface area contributed by atoms with E-state index in [9.17, 15) is 0 Å². The summed E-state index contributed by atoms with van der Waals surface area (Å²) in [5, 5.41) is 6.59. The fraction of sp³-hybridized carbons (Fsp3) is 0.412. The Bertz CT molecular complexity index is 673.